The summed E-state index contributed by atoms with van der Waals surface area (Å²) in [5.41, 5.74) is 15.4. The highest BCUT2D eigenvalue weighted by molar-refractivity contribution is 7.80. The molecule has 0 aromatic heterocycles. The Balaban J connectivity index is 4.81. The summed E-state index contributed by atoms with van der Waals surface area (Å²) in [6, 6.07) is -5.13. The molecule has 0 radical (unpaired) electrons. The minimum atomic E-state index is -1.42. The second-order valence-electron chi connectivity index (χ2n) is 6.95. The van der Waals surface area contributed by atoms with E-state index < -0.39 is 78.5 Å². The topological polar surface area (TPSA) is 266 Å². The zero-order chi connectivity index (χ0) is 26.4. The van der Waals surface area contributed by atoms with Crippen LogP contribution in [-0.4, -0.2) is 88.7 Å². The lowest BCUT2D eigenvalue weighted by Crippen LogP contribution is -2.56. The third kappa shape index (κ3) is 12.3. The number of hydrogen-bond donors (Lipinski definition) is 10. The number of rotatable bonds is 16. The highest BCUT2D eigenvalue weighted by atomic mass is 32.1. The minimum Gasteiger partial charge on any atom is -0.480 e. The van der Waals surface area contributed by atoms with E-state index in [1.807, 2.05) is 0 Å². The molecule has 15 nitrogen and oxygen atoms in total. The lowest BCUT2D eigenvalue weighted by molar-refractivity contribution is -0.142. The SMILES string of the molecule is NC(=O)CCC(NC(=O)C(CS)NC(=O)CNC(=O)C(CS)NC(=O)C(N)CC(N)=O)C(=O)O. The number of nitrogens with two attached hydrogens (primary N) is 3. The van der Waals surface area contributed by atoms with Gasteiger partial charge < -0.3 is 43.6 Å². The maximum atomic E-state index is 12.3. The van der Waals surface area contributed by atoms with Gasteiger partial charge in [-0.1, -0.05) is 0 Å². The van der Waals surface area contributed by atoms with Gasteiger partial charge in [0.2, 0.25) is 35.4 Å². The molecule has 17 heteroatoms. The number of aliphatic carboxylic acids is 1. The fourth-order valence-corrected chi connectivity index (χ4v) is 2.84. The summed E-state index contributed by atoms with van der Waals surface area (Å²) in [5.74, 6) is -6.65. The van der Waals surface area contributed by atoms with Crippen LogP contribution in [0.5, 0.6) is 0 Å². The molecule has 0 rings (SSSR count). The van der Waals surface area contributed by atoms with E-state index in [0.29, 0.717) is 0 Å². The Morgan fingerprint density at radius 3 is 1.76 bits per heavy atom. The van der Waals surface area contributed by atoms with Crippen LogP contribution in [-0.2, 0) is 33.6 Å². The summed E-state index contributed by atoms with van der Waals surface area (Å²) in [4.78, 5) is 81.4. The number of carboxylic acids is 1. The van der Waals surface area contributed by atoms with E-state index in [-0.39, 0.29) is 24.3 Å². The van der Waals surface area contributed by atoms with Crippen molar-refractivity contribution in [2.45, 2.75) is 43.4 Å². The normalized spacial score (nSPS) is 14.0. The second-order valence-corrected chi connectivity index (χ2v) is 7.68. The van der Waals surface area contributed by atoms with E-state index in [9.17, 15) is 33.6 Å². The van der Waals surface area contributed by atoms with Crippen LogP contribution in [0.3, 0.4) is 0 Å². The molecule has 0 aromatic rings. The zero-order valence-corrected chi connectivity index (χ0v) is 19.8. The third-order valence-corrected chi connectivity index (χ3v) is 4.86. The van der Waals surface area contributed by atoms with Crippen molar-refractivity contribution < 1.29 is 38.7 Å². The molecule has 6 amide bonds. The first-order chi connectivity index (χ1) is 15.8. The molecule has 0 heterocycles. The van der Waals surface area contributed by atoms with Crippen LogP contribution < -0.4 is 38.5 Å². The summed E-state index contributed by atoms with van der Waals surface area (Å²) in [7, 11) is 0. The molecule has 0 fully saturated rings. The van der Waals surface area contributed by atoms with Gasteiger partial charge in [-0.2, -0.15) is 25.3 Å². The van der Waals surface area contributed by atoms with Gasteiger partial charge in [0.1, 0.15) is 18.1 Å². The molecular formula is C17H29N7O8S2. The maximum absolute atomic E-state index is 12.3. The van der Waals surface area contributed by atoms with Crippen molar-refractivity contribution in [1.82, 2.24) is 21.3 Å². The molecule has 0 aliphatic rings. The van der Waals surface area contributed by atoms with Gasteiger partial charge in [0.05, 0.1) is 19.0 Å². The molecule has 0 saturated carbocycles. The van der Waals surface area contributed by atoms with Crippen LogP contribution >= 0.6 is 25.3 Å². The Morgan fingerprint density at radius 2 is 1.29 bits per heavy atom. The van der Waals surface area contributed by atoms with Gasteiger partial charge in [0.15, 0.2) is 0 Å². The van der Waals surface area contributed by atoms with E-state index in [0.717, 1.165) is 0 Å². The molecule has 0 bridgehead atoms. The molecule has 0 aromatic carbocycles. The standard InChI is InChI=1S/C17H29N7O8S2/c18-7(3-12(20)26)14(28)24-9(5-33)15(29)21-4-13(27)22-10(6-34)16(30)23-8(17(31)32)1-2-11(19)25/h7-10,33-34H,1-6,18H2,(H2,19,25)(H2,20,26)(H,21,29)(H,22,27)(H,23,30)(H,24,28)(H,31,32). The third-order valence-electron chi connectivity index (χ3n) is 4.12. The average molecular weight is 524 g/mol. The lowest BCUT2D eigenvalue weighted by Gasteiger charge is -2.21. The number of thiol groups is 2. The first-order valence-electron chi connectivity index (χ1n) is 9.76. The van der Waals surface area contributed by atoms with Crippen LogP contribution in [0.1, 0.15) is 19.3 Å². The summed E-state index contributed by atoms with van der Waals surface area (Å²) in [5, 5.41) is 18.1. The fourth-order valence-electron chi connectivity index (χ4n) is 2.33. The molecule has 4 unspecified atom stereocenters. The van der Waals surface area contributed by atoms with Crippen molar-refractivity contribution in [3.05, 3.63) is 0 Å². The van der Waals surface area contributed by atoms with E-state index >= 15 is 0 Å². The molecule has 0 aliphatic carbocycles. The summed E-state index contributed by atoms with van der Waals surface area (Å²) in [6.07, 6.45) is -0.968. The number of nitrogens with one attached hydrogen (secondary N) is 4. The molecule has 34 heavy (non-hydrogen) atoms. The number of primary amides is 2. The molecular weight excluding hydrogens is 494 g/mol. The average Bonchev–Trinajstić information content (AvgIpc) is 2.75. The first kappa shape index (κ1) is 30.9. The Kier molecular flexibility index (Phi) is 14.3. The number of carboxylic acid groups (broad SMARTS) is 1. The monoisotopic (exact) mass is 523 g/mol. The molecule has 4 atom stereocenters. The van der Waals surface area contributed by atoms with E-state index in [1.54, 1.807) is 0 Å². The predicted molar refractivity (Wildman–Crippen MR) is 124 cm³/mol. The summed E-state index contributed by atoms with van der Waals surface area (Å²) < 4.78 is 0. The number of carbonyl (C=O) groups excluding carboxylic acids is 6. The van der Waals surface area contributed by atoms with Gasteiger partial charge in [-0.3, -0.25) is 28.8 Å². The van der Waals surface area contributed by atoms with Gasteiger partial charge in [0.25, 0.3) is 0 Å². The minimum absolute atomic E-state index is 0.161. The van der Waals surface area contributed by atoms with Gasteiger partial charge >= 0.3 is 5.97 Å². The number of amides is 6. The van der Waals surface area contributed by atoms with Crippen LogP contribution in [0, 0.1) is 0 Å². The highest BCUT2D eigenvalue weighted by Gasteiger charge is 2.27. The van der Waals surface area contributed by atoms with Crippen LogP contribution in [0.4, 0.5) is 0 Å². The second kappa shape index (κ2) is 15.7. The predicted octanol–water partition coefficient (Wildman–Crippen LogP) is -5.03. The van der Waals surface area contributed by atoms with Gasteiger partial charge in [-0.15, -0.1) is 0 Å². The quantitative estimate of drug-likeness (QED) is 0.0866. The van der Waals surface area contributed by atoms with Crippen molar-refractivity contribution in [3.8, 4) is 0 Å². The summed E-state index contributed by atoms with van der Waals surface area (Å²) >= 11 is 7.88. The Bertz CT molecular complexity index is 798. The smallest absolute Gasteiger partial charge is 0.326 e. The summed E-state index contributed by atoms with van der Waals surface area (Å²) in [6.45, 7) is -0.603. The van der Waals surface area contributed by atoms with Crippen LogP contribution in [0.15, 0.2) is 0 Å². The Morgan fingerprint density at radius 1 is 0.765 bits per heavy atom. The molecule has 0 spiro atoms. The van der Waals surface area contributed by atoms with E-state index in [4.69, 9.17) is 22.3 Å². The lowest BCUT2D eigenvalue weighted by atomic mass is 10.1. The van der Waals surface area contributed by atoms with E-state index in [2.05, 4.69) is 46.5 Å². The zero-order valence-electron chi connectivity index (χ0n) is 18.0. The van der Waals surface area contributed by atoms with Gasteiger partial charge in [-0.25, -0.2) is 4.79 Å². The molecule has 192 valence electrons. The Labute approximate surface area is 205 Å². The molecule has 0 aliphatic heterocycles. The van der Waals surface area contributed by atoms with Gasteiger partial charge in [0, 0.05) is 17.9 Å². The highest BCUT2D eigenvalue weighted by Crippen LogP contribution is 2.00. The van der Waals surface area contributed by atoms with Crippen molar-refractivity contribution in [2.24, 2.45) is 17.2 Å². The van der Waals surface area contributed by atoms with Crippen molar-refractivity contribution in [2.75, 3.05) is 18.1 Å². The molecule has 11 N–H and O–H groups in total. The first-order valence-corrected chi connectivity index (χ1v) is 11.0. The number of hydrogen-bond acceptors (Lipinski definition) is 10. The van der Waals surface area contributed by atoms with Gasteiger partial charge in [-0.05, 0) is 6.42 Å². The van der Waals surface area contributed by atoms with E-state index in [1.165, 1.54) is 0 Å². The largest absolute Gasteiger partial charge is 0.480 e. The van der Waals surface area contributed by atoms with Crippen molar-refractivity contribution in [1.29, 1.82) is 0 Å². The molecule has 0 saturated heterocycles. The Hall–Kier alpha value is -3.05. The van der Waals surface area contributed by atoms with Crippen molar-refractivity contribution >= 4 is 66.7 Å². The number of carbonyl (C=O) groups is 7. The van der Waals surface area contributed by atoms with Crippen LogP contribution in [0.2, 0.25) is 0 Å². The van der Waals surface area contributed by atoms with Crippen molar-refractivity contribution in [3.63, 3.8) is 0 Å². The maximum Gasteiger partial charge on any atom is 0.326 e. The fraction of sp³-hybridized carbons (Fsp3) is 0.588. The van der Waals surface area contributed by atoms with Crippen LogP contribution in [0.25, 0.3) is 0 Å².